The van der Waals surface area contributed by atoms with Gasteiger partial charge in [-0.25, -0.2) is 9.97 Å². The predicted molar refractivity (Wildman–Crippen MR) is 71.3 cm³/mol. The normalized spacial score (nSPS) is 16.4. The molecule has 0 aliphatic heterocycles. The maximum Gasteiger partial charge on any atom is 0.133 e. The molecule has 1 aliphatic rings. The molecule has 1 aliphatic carbocycles. The minimum absolute atomic E-state index is 0.510. The number of unbranched alkanes of at least 4 members (excludes halogenated alkanes) is 1. The summed E-state index contributed by atoms with van der Waals surface area (Å²) < 4.78 is 0. The Hall–Kier alpha value is -1.12. The Morgan fingerprint density at radius 1 is 1.29 bits per heavy atom. The molecule has 1 heterocycles. The van der Waals surface area contributed by atoms with E-state index in [1.165, 1.54) is 43.4 Å². The molecule has 17 heavy (non-hydrogen) atoms. The highest BCUT2D eigenvalue weighted by Crippen LogP contribution is 2.25. The van der Waals surface area contributed by atoms with Crippen molar-refractivity contribution in [2.75, 3.05) is 5.32 Å². The van der Waals surface area contributed by atoms with E-state index in [0.29, 0.717) is 6.04 Å². The van der Waals surface area contributed by atoms with Gasteiger partial charge >= 0.3 is 0 Å². The average Bonchev–Trinajstić information content (AvgIpc) is 2.37. The highest BCUT2D eigenvalue weighted by atomic mass is 15.0. The zero-order valence-electron chi connectivity index (χ0n) is 11.0. The third-order valence-corrected chi connectivity index (χ3v) is 3.50. The Balaban J connectivity index is 2.05. The number of rotatable bonds is 5. The van der Waals surface area contributed by atoms with Crippen LogP contribution in [0.25, 0.3) is 0 Å². The summed E-state index contributed by atoms with van der Waals surface area (Å²) in [6.07, 6.45) is 10.3. The first-order chi connectivity index (χ1) is 8.31. The van der Waals surface area contributed by atoms with Gasteiger partial charge in [0.15, 0.2) is 0 Å². The molecular formula is C14H23N3. The first-order valence-electron chi connectivity index (χ1n) is 6.90. The van der Waals surface area contributed by atoms with Crippen LogP contribution in [0.4, 0.5) is 5.82 Å². The van der Waals surface area contributed by atoms with E-state index in [2.05, 4.69) is 29.1 Å². The van der Waals surface area contributed by atoms with Crippen molar-refractivity contribution < 1.29 is 0 Å². The Kier molecular flexibility index (Phi) is 4.35. The number of nitrogens with one attached hydrogen (secondary N) is 1. The molecule has 0 amide bonds. The van der Waals surface area contributed by atoms with Gasteiger partial charge in [-0.05, 0) is 39.0 Å². The lowest BCUT2D eigenvalue weighted by Gasteiger charge is -2.21. The molecule has 0 fully saturated rings. The summed E-state index contributed by atoms with van der Waals surface area (Å²) in [5.41, 5.74) is 2.62. The van der Waals surface area contributed by atoms with Crippen LogP contribution in [0.15, 0.2) is 6.33 Å². The lowest BCUT2D eigenvalue weighted by atomic mass is 9.96. The molecule has 0 saturated carbocycles. The molecule has 0 saturated heterocycles. The third kappa shape index (κ3) is 3.18. The van der Waals surface area contributed by atoms with Gasteiger partial charge in [-0.3, -0.25) is 0 Å². The molecule has 1 aromatic heterocycles. The summed E-state index contributed by atoms with van der Waals surface area (Å²) in [5.74, 6) is 1.08. The molecule has 0 bridgehead atoms. The second-order valence-corrected chi connectivity index (χ2v) is 5.04. The molecule has 0 spiro atoms. The zero-order chi connectivity index (χ0) is 12.1. The largest absolute Gasteiger partial charge is 0.367 e. The molecule has 1 N–H and O–H groups in total. The highest BCUT2D eigenvalue weighted by Gasteiger charge is 2.16. The first-order valence-corrected chi connectivity index (χ1v) is 6.90. The van der Waals surface area contributed by atoms with Crippen LogP contribution in [0.1, 0.15) is 57.2 Å². The van der Waals surface area contributed by atoms with Gasteiger partial charge in [0.2, 0.25) is 0 Å². The second-order valence-electron chi connectivity index (χ2n) is 5.04. The summed E-state index contributed by atoms with van der Waals surface area (Å²) in [6, 6.07) is 0.510. The van der Waals surface area contributed by atoms with Gasteiger partial charge in [-0.15, -0.1) is 0 Å². The van der Waals surface area contributed by atoms with Crippen molar-refractivity contribution in [1.29, 1.82) is 0 Å². The summed E-state index contributed by atoms with van der Waals surface area (Å²) in [5, 5.41) is 3.55. The zero-order valence-corrected chi connectivity index (χ0v) is 11.0. The van der Waals surface area contributed by atoms with Crippen molar-refractivity contribution in [2.45, 2.75) is 64.8 Å². The molecule has 94 valence electrons. The van der Waals surface area contributed by atoms with E-state index in [-0.39, 0.29) is 0 Å². The highest BCUT2D eigenvalue weighted by molar-refractivity contribution is 5.47. The third-order valence-electron chi connectivity index (χ3n) is 3.50. The van der Waals surface area contributed by atoms with Crippen LogP contribution in [0.2, 0.25) is 0 Å². The van der Waals surface area contributed by atoms with Crippen molar-refractivity contribution in [2.24, 2.45) is 0 Å². The van der Waals surface area contributed by atoms with Crippen LogP contribution in [-0.4, -0.2) is 16.0 Å². The minimum atomic E-state index is 0.510. The molecule has 3 heteroatoms. The Morgan fingerprint density at radius 3 is 2.94 bits per heavy atom. The molecule has 0 aromatic carbocycles. The van der Waals surface area contributed by atoms with E-state index in [0.717, 1.165) is 18.7 Å². The maximum absolute atomic E-state index is 4.42. The fourth-order valence-corrected chi connectivity index (χ4v) is 2.46. The van der Waals surface area contributed by atoms with Crippen molar-refractivity contribution in [3.63, 3.8) is 0 Å². The molecule has 3 nitrogen and oxygen atoms in total. The second kappa shape index (κ2) is 5.99. The Bertz CT molecular complexity index is 362. The van der Waals surface area contributed by atoms with Gasteiger partial charge in [-0.1, -0.05) is 19.8 Å². The van der Waals surface area contributed by atoms with E-state index < -0.39 is 0 Å². The first kappa shape index (κ1) is 12.3. The van der Waals surface area contributed by atoms with Gasteiger partial charge in [0.1, 0.15) is 12.1 Å². The molecule has 1 unspecified atom stereocenters. The predicted octanol–water partition coefficient (Wildman–Crippen LogP) is 3.35. The van der Waals surface area contributed by atoms with E-state index in [1.54, 1.807) is 6.33 Å². The molecular weight excluding hydrogens is 210 g/mol. The van der Waals surface area contributed by atoms with Crippen molar-refractivity contribution in [3.05, 3.63) is 17.6 Å². The topological polar surface area (TPSA) is 37.8 Å². The molecule has 2 rings (SSSR count). The van der Waals surface area contributed by atoms with E-state index in [4.69, 9.17) is 0 Å². The van der Waals surface area contributed by atoms with Gasteiger partial charge in [0.05, 0.1) is 0 Å². The maximum atomic E-state index is 4.42. The monoisotopic (exact) mass is 233 g/mol. The smallest absolute Gasteiger partial charge is 0.133 e. The van der Waals surface area contributed by atoms with Gasteiger partial charge in [-0.2, -0.15) is 0 Å². The van der Waals surface area contributed by atoms with Crippen molar-refractivity contribution >= 4 is 5.82 Å². The summed E-state index contributed by atoms with van der Waals surface area (Å²) in [6.45, 7) is 4.48. The van der Waals surface area contributed by atoms with Gasteiger partial charge in [0, 0.05) is 17.3 Å². The van der Waals surface area contributed by atoms with Gasteiger partial charge < -0.3 is 5.32 Å². The molecule has 1 atom stereocenters. The Morgan fingerprint density at radius 2 is 2.12 bits per heavy atom. The van der Waals surface area contributed by atoms with Crippen LogP contribution < -0.4 is 5.32 Å². The summed E-state index contributed by atoms with van der Waals surface area (Å²) in [4.78, 5) is 8.82. The quantitative estimate of drug-likeness (QED) is 0.847. The number of aromatic nitrogens is 2. The standard InChI is InChI=1S/C14H23N3/c1-3-4-7-11(2)17-14-12-8-5-6-9-13(12)15-10-16-14/h10-11H,3-9H2,1-2H3,(H,15,16,17). The molecule has 0 radical (unpaired) electrons. The SMILES string of the molecule is CCCCC(C)Nc1ncnc2c1CCCC2. The number of anilines is 1. The lowest BCUT2D eigenvalue weighted by Crippen LogP contribution is -2.19. The average molecular weight is 233 g/mol. The number of aryl methyl sites for hydroxylation is 1. The van der Waals surface area contributed by atoms with Crippen LogP contribution in [0, 0.1) is 0 Å². The van der Waals surface area contributed by atoms with Crippen LogP contribution in [0.3, 0.4) is 0 Å². The van der Waals surface area contributed by atoms with E-state index in [9.17, 15) is 0 Å². The summed E-state index contributed by atoms with van der Waals surface area (Å²) in [7, 11) is 0. The fraction of sp³-hybridized carbons (Fsp3) is 0.714. The lowest BCUT2D eigenvalue weighted by molar-refractivity contribution is 0.632. The van der Waals surface area contributed by atoms with Crippen molar-refractivity contribution in [1.82, 2.24) is 9.97 Å². The van der Waals surface area contributed by atoms with E-state index >= 15 is 0 Å². The van der Waals surface area contributed by atoms with Crippen LogP contribution in [-0.2, 0) is 12.8 Å². The number of hydrogen-bond acceptors (Lipinski definition) is 3. The number of fused-ring (bicyclic) bond motifs is 1. The van der Waals surface area contributed by atoms with Crippen LogP contribution in [0.5, 0.6) is 0 Å². The number of nitrogens with zero attached hydrogens (tertiary/aromatic N) is 2. The minimum Gasteiger partial charge on any atom is -0.367 e. The van der Waals surface area contributed by atoms with Crippen LogP contribution >= 0.6 is 0 Å². The summed E-state index contributed by atoms with van der Waals surface area (Å²) >= 11 is 0. The van der Waals surface area contributed by atoms with E-state index in [1.807, 2.05) is 0 Å². The fourth-order valence-electron chi connectivity index (χ4n) is 2.46. The van der Waals surface area contributed by atoms with Gasteiger partial charge in [0.25, 0.3) is 0 Å². The number of hydrogen-bond donors (Lipinski definition) is 1. The Labute approximate surface area is 104 Å². The molecule has 1 aromatic rings. The van der Waals surface area contributed by atoms with Crippen molar-refractivity contribution in [3.8, 4) is 0 Å².